The second-order valence-electron chi connectivity index (χ2n) is 5.86. The summed E-state index contributed by atoms with van der Waals surface area (Å²) in [6.45, 7) is 10.4. The maximum atomic E-state index is 12.2. The van der Waals surface area contributed by atoms with Gasteiger partial charge in [0.1, 0.15) is 6.61 Å². The lowest BCUT2D eigenvalue weighted by molar-refractivity contribution is -0.137. The van der Waals surface area contributed by atoms with Crippen molar-refractivity contribution in [3.63, 3.8) is 0 Å². The molecule has 0 aromatic carbocycles. The lowest BCUT2D eigenvalue weighted by atomic mass is 10.1. The van der Waals surface area contributed by atoms with Crippen molar-refractivity contribution in [3.8, 4) is 0 Å². The van der Waals surface area contributed by atoms with Gasteiger partial charge in [0.25, 0.3) is 0 Å². The van der Waals surface area contributed by atoms with Crippen LogP contribution in [-0.4, -0.2) is 36.6 Å². The molecular weight excluding hydrogens is 250 g/mol. The van der Waals surface area contributed by atoms with Crippen molar-refractivity contribution in [2.75, 3.05) is 19.7 Å². The molecule has 0 radical (unpaired) electrons. The fourth-order valence-electron chi connectivity index (χ4n) is 2.15. The lowest BCUT2D eigenvalue weighted by Crippen LogP contribution is -2.36. The van der Waals surface area contributed by atoms with Crippen molar-refractivity contribution in [2.45, 2.75) is 85.2 Å². The largest absolute Gasteiger partial charge is 0.369 e. The van der Waals surface area contributed by atoms with Gasteiger partial charge in [-0.2, -0.15) is 0 Å². The highest BCUT2D eigenvalue weighted by Gasteiger charge is 2.13. The zero-order valence-electron chi connectivity index (χ0n) is 14.1. The molecule has 0 heterocycles. The monoisotopic (exact) mass is 285 g/mol. The zero-order chi connectivity index (χ0) is 15.2. The molecule has 3 nitrogen and oxygen atoms in total. The number of hydrogen-bond acceptors (Lipinski definition) is 2. The zero-order valence-corrected chi connectivity index (χ0v) is 14.1. The molecular formula is C17H35NO2. The van der Waals surface area contributed by atoms with E-state index in [4.69, 9.17) is 4.74 Å². The van der Waals surface area contributed by atoms with Crippen LogP contribution in [0.1, 0.15) is 79.1 Å². The van der Waals surface area contributed by atoms with Gasteiger partial charge >= 0.3 is 0 Å². The molecule has 0 N–H and O–H groups in total. The van der Waals surface area contributed by atoms with Crippen LogP contribution in [0.25, 0.3) is 0 Å². The molecule has 0 unspecified atom stereocenters. The summed E-state index contributed by atoms with van der Waals surface area (Å²) in [5, 5.41) is 0. The van der Waals surface area contributed by atoms with E-state index in [1.54, 1.807) is 0 Å². The van der Waals surface area contributed by atoms with Gasteiger partial charge in [-0.25, -0.2) is 0 Å². The van der Waals surface area contributed by atoms with Gasteiger partial charge in [-0.15, -0.1) is 0 Å². The van der Waals surface area contributed by atoms with Gasteiger partial charge in [-0.1, -0.05) is 52.4 Å². The van der Waals surface area contributed by atoms with Gasteiger partial charge in [-0.3, -0.25) is 4.79 Å². The molecule has 0 aromatic rings. The Morgan fingerprint density at radius 1 is 0.900 bits per heavy atom. The molecule has 0 aliphatic heterocycles. The fraction of sp³-hybridized carbons (Fsp3) is 0.941. The van der Waals surface area contributed by atoms with Crippen LogP contribution in [0, 0.1) is 0 Å². The first kappa shape index (κ1) is 19.4. The Morgan fingerprint density at radius 2 is 1.40 bits per heavy atom. The van der Waals surface area contributed by atoms with Crippen molar-refractivity contribution in [2.24, 2.45) is 0 Å². The van der Waals surface area contributed by atoms with Crippen LogP contribution >= 0.6 is 0 Å². The van der Waals surface area contributed by atoms with Crippen LogP contribution in [0.3, 0.4) is 0 Å². The van der Waals surface area contributed by atoms with Crippen LogP contribution in [0.15, 0.2) is 0 Å². The van der Waals surface area contributed by atoms with E-state index < -0.39 is 0 Å². The Kier molecular flexibility index (Phi) is 13.0. The molecule has 0 fully saturated rings. The summed E-state index contributed by atoms with van der Waals surface area (Å²) in [7, 11) is 0. The van der Waals surface area contributed by atoms with Crippen molar-refractivity contribution in [1.29, 1.82) is 0 Å². The number of carbonyl (C=O) groups excluding carboxylic acids is 1. The smallest absolute Gasteiger partial charge is 0.248 e. The van der Waals surface area contributed by atoms with E-state index in [1.807, 2.05) is 18.7 Å². The van der Waals surface area contributed by atoms with Gasteiger partial charge in [0.2, 0.25) is 5.91 Å². The van der Waals surface area contributed by atoms with E-state index in [0.717, 1.165) is 25.9 Å². The van der Waals surface area contributed by atoms with Gasteiger partial charge in [0.15, 0.2) is 0 Å². The highest BCUT2D eigenvalue weighted by atomic mass is 16.5. The molecule has 0 atom stereocenters. The fourth-order valence-corrected chi connectivity index (χ4v) is 2.15. The second kappa shape index (κ2) is 13.4. The number of rotatable bonds is 13. The first-order valence-electron chi connectivity index (χ1n) is 8.51. The first-order valence-corrected chi connectivity index (χ1v) is 8.51. The van der Waals surface area contributed by atoms with Crippen molar-refractivity contribution in [3.05, 3.63) is 0 Å². The second-order valence-corrected chi connectivity index (χ2v) is 5.86. The summed E-state index contributed by atoms with van der Waals surface area (Å²) in [6, 6.07) is 0. The third-order valence-corrected chi connectivity index (χ3v) is 3.46. The Hall–Kier alpha value is -0.570. The van der Waals surface area contributed by atoms with Crippen LogP contribution < -0.4 is 0 Å². The molecule has 0 aliphatic rings. The number of hydrogen-bond donors (Lipinski definition) is 0. The van der Waals surface area contributed by atoms with Crippen LogP contribution in [-0.2, 0) is 9.53 Å². The van der Waals surface area contributed by atoms with Crippen LogP contribution in [0.4, 0.5) is 0 Å². The Bertz CT molecular complexity index is 217. The Labute approximate surface area is 126 Å². The molecule has 0 bridgehead atoms. The molecule has 0 rings (SSSR count). The molecule has 0 aliphatic carbocycles. The molecule has 0 spiro atoms. The summed E-state index contributed by atoms with van der Waals surface area (Å²) >= 11 is 0. The SMILES string of the molecule is CCCCCCN(CCCCCC)C(=O)COC(C)C. The summed E-state index contributed by atoms with van der Waals surface area (Å²) < 4.78 is 5.45. The third-order valence-electron chi connectivity index (χ3n) is 3.46. The van der Waals surface area contributed by atoms with E-state index >= 15 is 0 Å². The average molecular weight is 285 g/mol. The maximum absolute atomic E-state index is 12.2. The number of carbonyl (C=O) groups is 1. The molecule has 0 saturated carbocycles. The Morgan fingerprint density at radius 3 is 1.80 bits per heavy atom. The van der Waals surface area contributed by atoms with Gasteiger partial charge in [0.05, 0.1) is 6.10 Å². The number of ether oxygens (including phenoxy) is 1. The van der Waals surface area contributed by atoms with Gasteiger partial charge in [-0.05, 0) is 26.7 Å². The predicted molar refractivity (Wildman–Crippen MR) is 86.0 cm³/mol. The number of amides is 1. The van der Waals surface area contributed by atoms with Crippen LogP contribution in [0.2, 0.25) is 0 Å². The highest BCUT2D eigenvalue weighted by Crippen LogP contribution is 2.06. The maximum Gasteiger partial charge on any atom is 0.248 e. The van der Waals surface area contributed by atoms with E-state index in [9.17, 15) is 4.79 Å². The van der Waals surface area contributed by atoms with E-state index in [0.29, 0.717) is 0 Å². The molecule has 0 aromatic heterocycles. The molecule has 20 heavy (non-hydrogen) atoms. The van der Waals surface area contributed by atoms with E-state index in [2.05, 4.69) is 13.8 Å². The molecule has 3 heteroatoms. The van der Waals surface area contributed by atoms with Gasteiger partial charge < -0.3 is 9.64 Å². The van der Waals surface area contributed by atoms with E-state index in [1.165, 1.54) is 38.5 Å². The van der Waals surface area contributed by atoms with Gasteiger partial charge in [0, 0.05) is 13.1 Å². The third kappa shape index (κ3) is 11.3. The lowest BCUT2D eigenvalue weighted by Gasteiger charge is -2.23. The summed E-state index contributed by atoms with van der Waals surface area (Å²) in [4.78, 5) is 14.2. The summed E-state index contributed by atoms with van der Waals surface area (Å²) in [6.07, 6.45) is 9.81. The summed E-state index contributed by atoms with van der Waals surface area (Å²) in [5.74, 6) is 0.159. The standard InChI is InChI=1S/C17H35NO2/c1-5-7-9-11-13-18(14-12-10-8-6-2)17(19)15-20-16(3)4/h16H,5-15H2,1-4H3. The topological polar surface area (TPSA) is 29.5 Å². The molecule has 120 valence electrons. The van der Waals surface area contributed by atoms with Crippen molar-refractivity contribution >= 4 is 5.91 Å². The predicted octanol–water partition coefficient (Wildman–Crippen LogP) is 4.40. The molecule has 1 amide bonds. The summed E-state index contributed by atoms with van der Waals surface area (Å²) in [5.41, 5.74) is 0. The number of unbranched alkanes of at least 4 members (excludes halogenated alkanes) is 6. The minimum atomic E-state index is 0.126. The van der Waals surface area contributed by atoms with Crippen molar-refractivity contribution in [1.82, 2.24) is 4.90 Å². The normalized spacial score (nSPS) is 11.1. The highest BCUT2D eigenvalue weighted by molar-refractivity contribution is 5.77. The molecule has 0 saturated heterocycles. The minimum absolute atomic E-state index is 0.126. The van der Waals surface area contributed by atoms with E-state index in [-0.39, 0.29) is 18.6 Å². The van der Waals surface area contributed by atoms with Crippen LogP contribution in [0.5, 0.6) is 0 Å². The quantitative estimate of drug-likeness (QED) is 0.469. The Balaban J connectivity index is 4.04. The first-order chi connectivity index (χ1) is 9.61. The minimum Gasteiger partial charge on any atom is -0.369 e. The average Bonchev–Trinajstić information content (AvgIpc) is 2.43. The number of nitrogens with zero attached hydrogens (tertiary/aromatic N) is 1. The van der Waals surface area contributed by atoms with Crippen molar-refractivity contribution < 1.29 is 9.53 Å².